The second kappa shape index (κ2) is 4.73. The molecule has 0 atom stereocenters. The fraction of sp³-hybridized carbons (Fsp3) is 0.0714. The number of carboxylic acid groups (broad SMARTS) is 1. The van der Waals surface area contributed by atoms with Crippen LogP contribution in [-0.4, -0.2) is 26.1 Å². The second-order valence-corrected chi connectivity index (χ2v) is 4.35. The minimum atomic E-state index is -1.02. The molecular formula is C14H10FN3O2. The molecular weight excluding hydrogens is 261 g/mol. The Morgan fingerprint density at radius 2 is 2.05 bits per heavy atom. The van der Waals surface area contributed by atoms with Crippen LogP contribution in [0.4, 0.5) is 4.39 Å². The highest BCUT2D eigenvalue weighted by Crippen LogP contribution is 2.16. The molecule has 0 radical (unpaired) electrons. The van der Waals surface area contributed by atoms with Crippen LogP contribution in [0.5, 0.6) is 0 Å². The third-order valence-electron chi connectivity index (χ3n) is 3.04. The lowest BCUT2D eigenvalue weighted by molar-refractivity contribution is 0.0697. The van der Waals surface area contributed by atoms with Crippen molar-refractivity contribution in [2.75, 3.05) is 0 Å². The van der Waals surface area contributed by atoms with Gasteiger partial charge in [-0.3, -0.25) is 0 Å². The summed E-state index contributed by atoms with van der Waals surface area (Å²) < 4.78 is 15.1. The lowest BCUT2D eigenvalue weighted by Crippen LogP contribution is -2.04. The summed E-state index contributed by atoms with van der Waals surface area (Å²) in [6, 6.07) is 10.9. The van der Waals surface area contributed by atoms with Gasteiger partial charge in [0.25, 0.3) is 0 Å². The zero-order valence-electron chi connectivity index (χ0n) is 10.3. The van der Waals surface area contributed by atoms with E-state index in [1.165, 1.54) is 22.9 Å². The van der Waals surface area contributed by atoms with E-state index in [2.05, 4.69) is 10.3 Å². The first-order chi connectivity index (χ1) is 9.65. The van der Waals surface area contributed by atoms with E-state index >= 15 is 0 Å². The summed E-state index contributed by atoms with van der Waals surface area (Å²) in [7, 11) is 0. The maximum atomic E-state index is 13.6. The van der Waals surface area contributed by atoms with Gasteiger partial charge in [-0.1, -0.05) is 23.4 Å². The quantitative estimate of drug-likeness (QED) is 0.793. The van der Waals surface area contributed by atoms with E-state index < -0.39 is 5.97 Å². The number of aromatic nitrogens is 3. The van der Waals surface area contributed by atoms with Crippen LogP contribution in [0.2, 0.25) is 0 Å². The number of nitrogens with zero attached hydrogens (tertiary/aromatic N) is 3. The number of hydrogen-bond acceptors (Lipinski definition) is 3. The van der Waals surface area contributed by atoms with Crippen molar-refractivity contribution in [2.24, 2.45) is 0 Å². The predicted molar refractivity (Wildman–Crippen MR) is 70.0 cm³/mol. The van der Waals surface area contributed by atoms with Gasteiger partial charge in [0.2, 0.25) is 0 Å². The minimum Gasteiger partial charge on any atom is -0.478 e. The van der Waals surface area contributed by atoms with Crippen molar-refractivity contribution in [2.45, 2.75) is 6.54 Å². The number of carbonyl (C=O) groups is 1. The van der Waals surface area contributed by atoms with Gasteiger partial charge in [0, 0.05) is 5.56 Å². The summed E-state index contributed by atoms with van der Waals surface area (Å²) in [5.41, 5.74) is 1.76. The number of rotatable bonds is 3. The second-order valence-electron chi connectivity index (χ2n) is 4.35. The molecule has 0 aliphatic carbocycles. The molecule has 2 aromatic carbocycles. The highest BCUT2D eigenvalue weighted by atomic mass is 19.1. The third kappa shape index (κ3) is 2.11. The molecule has 3 aromatic rings. The summed E-state index contributed by atoms with van der Waals surface area (Å²) in [5, 5.41) is 16.9. The van der Waals surface area contributed by atoms with Gasteiger partial charge < -0.3 is 5.11 Å². The summed E-state index contributed by atoms with van der Waals surface area (Å²) in [6.45, 7) is 0.201. The predicted octanol–water partition coefficient (Wildman–Crippen LogP) is 2.32. The maximum absolute atomic E-state index is 13.6. The largest absolute Gasteiger partial charge is 0.478 e. The first-order valence-electron chi connectivity index (χ1n) is 5.95. The number of hydrogen-bond donors (Lipinski definition) is 1. The fourth-order valence-corrected chi connectivity index (χ4v) is 2.00. The van der Waals surface area contributed by atoms with Crippen LogP contribution >= 0.6 is 0 Å². The monoisotopic (exact) mass is 271 g/mol. The molecule has 0 aliphatic rings. The molecule has 20 heavy (non-hydrogen) atoms. The molecule has 0 fully saturated rings. The van der Waals surface area contributed by atoms with Crippen molar-refractivity contribution in [1.82, 2.24) is 15.0 Å². The van der Waals surface area contributed by atoms with Crippen molar-refractivity contribution >= 4 is 17.0 Å². The minimum absolute atomic E-state index is 0.148. The van der Waals surface area contributed by atoms with E-state index in [1.54, 1.807) is 24.3 Å². The average Bonchev–Trinajstić information content (AvgIpc) is 2.84. The molecule has 6 heteroatoms. The van der Waals surface area contributed by atoms with Crippen molar-refractivity contribution in [3.63, 3.8) is 0 Å². The average molecular weight is 271 g/mol. The van der Waals surface area contributed by atoms with Crippen molar-refractivity contribution in [1.29, 1.82) is 0 Å². The van der Waals surface area contributed by atoms with Crippen LogP contribution in [0.25, 0.3) is 11.0 Å². The van der Waals surface area contributed by atoms with Crippen LogP contribution < -0.4 is 0 Å². The van der Waals surface area contributed by atoms with E-state index in [0.717, 1.165) is 0 Å². The Balaban J connectivity index is 2.06. The highest BCUT2D eigenvalue weighted by Gasteiger charge is 2.10. The van der Waals surface area contributed by atoms with E-state index in [0.29, 0.717) is 16.6 Å². The topological polar surface area (TPSA) is 68.0 Å². The van der Waals surface area contributed by atoms with Gasteiger partial charge in [-0.05, 0) is 24.3 Å². The Labute approximate surface area is 113 Å². The molecule has 0 aliphatic heterocycles. The maximum Gasteiger partial charge on any atom is 0.335 e. The van der Waals surface area contributed by atoms with Crippen LogP contribution in [0.15, 0.2) is 42.5 Å². The third-order valence-corrected chi connectivity index (χ3v) is 3.04. The Hall–Kier alpha value is -2.76. The zero-order chi connectivity index (χ0) is 14.1. The van der Waals surface area contributed by atoms with E-state index in [4.69, 9.17) is 5.11 Å². The van der Waals surface area contributed by atoms with E-state index in [9.17, 15) is 9.18 Å². The Morgan fingerprint density at radius 3 is 2.80 bits per heavy atom. The molecule has 0 spiro atoms. The number of fused-ring (bicyclic) bond motifs is 1. The summed E-state index contributed by atoms with van der Waals surface area (Å²) in [5.74, 6) is -1.35. The number of benzene rings is 2. The van der Waals surface area contributed by atoms with Gasteiger partial charge in [-0.2, -0.15) is 0 Å². The molecule has 3 rings (SSSR count). The molecule has 1 heterocycles. The lowest BCUT2D eigenvalue weighted by Gasteiger charge is -2.04. The molecule has 100 valence electrons. The highest BCUT2D eigenvalue weighted by molar-refractivity contribution is 5.92. The molecule has 0 saturated heterocycles. The SMILES string of the molecule is O=C(O)c1ccc2nnn(Cc3ccccc3F)c2c1. The normalized spacial score (nSPS) is 10.8. The molecule has 0 saturated carbocycles. The summed E-state index contributed by atoms with van der Waals surface area (Å²) in [4.78, 5) is 11.0. The Morgan fingerprint density at radius 1 is 1.25 bits per heavy atom. The van der Waals surface area contributed by atoms with Crippen LogP contribution in [0, 0.1) is 5.82 Å². The van der Waals surface area contributed by atoms with Crippen molar-refractivity contribution in [3.05, 3.63) is 59.4 Å². The zero-order valence-corrected chi connectivity index (χ0v) is 10.3. The molecule has 5 nitrogen and oxygen atoms in total. The number of halogens is 1. The molecule has 0 bridgehead atoms. The van der Waals surface area contributed by atoms with Gasteiger partial charge in [0.15, 0.2) is 0 Å². The number of carboxylic acids is 1. The molecule has 0 unspecified atom stereocenters. The van der Waals surface area contributed by atoms with Gasteiger partial charge in [0.1, 0.15) is 11.3 Å². The van der Waals surface area contributed by atoms with Crippen molar-refractivity contribution < 1.29 is 14.3 Å². The first kappa shape index (κ1) is 12.3. The van der Waals surface area contributed by atoms with Gasteiger partial charge >= 0.3 is 5.97 Å². The Kier molecular flexibility index (Phi) is 2.90. The van der Waals surface area contributed by atoms with Crippen LogP contribution in [0.1, 0.15) is 15.9 Å². The van der Waals surface area contributed by atoms with Gasteiger partial charge in [0.05, 0.1) is 17.6 Å². The summed E-state index contributed by atoms with van der Waals surface area (Å²) in [6.07, 6.45) is 0. The van der Waals surface area contributed by atoms with E-state index in [-0.39, 0.29) is 17.9 Å². The van der Waals surface area contributed by atoms with Crippen LogP contribution in [-0.2, 0) is 6.54 Å². The van der Waals surface area contributed by atoms with Gasteiger partial charge in [-0.15, -0.1) is 5.10 Å². The summed E-state index contributed by atoms with van der Waals surface area (Å²) >= 11 is 0. The molecule has 1 N–H and O–H groups in total. The standard InChI is InChI=1S/C14H10FN3O2/c15-11-4-2-1-3-10(11)8-18-13-7-9(14(19)20)5-6-12(13)16-17-18/h1-7H,8H2,(H,19,20). The lowest BCUT2D eigenvalue weighted by atomic mass is 10.2. The smallest absolute Gasteiger partial charge is 0.335 e. The van der Waals surface area contributed by atoms with Gasteiger partial charge in [-0.25, -0.2) is 13.9 Å². The fourth-order valence-electron chi connectivity index (χ4n) is 2.00. The Bertz CT molecular complexity index is 798. The number of aromatic carboxylic acids is 1. The van der Waals surface area contributed by atoms with Crippen LogP contribution in [0.3, 0.4) is 0 Å². The van der Waals surface area contributed by atoms with E-state index in [1.807, 2.05) is 0 Å². The molecule has 0 amide bonds. The first-order valence-corrected chi connectivity index (χ1v) is 5.95. The molecule has 1 aromatic heterocycles. The van der Waals surface area contributed by atoms with Crippen molar-refractivity contribution in [3.8, 4) is 0 Å².